The molecule has 1 unspecified atom stereocenters. The van der Waals surface area contributed by atoms with Gasteiger partial charge in [-0.3, -0.25) is 9.59 Å². The lowest BCUT2D eigenvalue weighted by atomic mass is 10.1. The van der Waals surface area contributed by atoms with E-state index >= 15 is 0 Å². The molecule has 5 nitrogen and oxygen atoms in total. The number of amides is 2. The fourth-order valence-electron chi connectivity index (χ4n) is 2.39. The molecule has 1 saturated heterocycles. The number of fused-ring (bicyclic) bond motifs is 1. The quantitative estimate of drug-likeness (QED) is 0.790. The zero-order chi connectivity index (χ0) is 14.1. The van der Waals surface area contributed by atoms with Crippen molar-refractivity contribution in [3.05, 3.63) is 35.0 Å². The lowest BCUT2D eigenvalue weighted by Gasteiger charge is -2.22. The van der Waals surface area contributed by atoms with Crippen LogP contribution in [0.1, 0.15) is 23.3 Å². The molecule has 2 heterocycles. The van der Waals surface area contributed by atoms with E-state index in [1.165, 1.54) is 0 Å². The molecule has 20 heavy (non-hydrogen) atoms. The summed E-state index contributed by atoms with van der Waals surface area (Å²) < 4.78 is 0. The molecule has 2 amide bonds. The molecule has 0 bridgehead atoms. The summed E-state index contributed by atoms with van der Waals surface area (Å²) in [6, 6.07) is 6.68. The van der Waals surface area contributed by atoms with E-state index in [-0.39, 0.29) is 11.8 Å². The Kier molecular flexibility index (Phi) is 3.36. The summed E-state index contributed by atoms with van der Waals surface area (Å²) in [6.07, 6.45) is 1.54. The van der Waals surface area contributed by atoms with Gasteiger partial charge in [-0.2, -0.15) is 0 Å². The number of hydrogen-bond acceptors (Lipinski definition) is 2. The van der Waals surface area contributed by atoms with Gasteiger partial charge in [0.25, 0.3) is 5.91 Å². The number of carbonyl (C=O) groups excluding carboxylic acids is 2. The fraction of sp³-hybridized carbons (Fsp3) is 0.286. The summed E-state index contributed by atoms with van der Waals surface area (Å²) in [7, 11) is 0. The Morgan fingerprint density at radius 1 is 1.40 bits per heavy atom. The molecule has 0 radical (unpaired) electrons. The summed E-state index contributed by atoms with van der Waals surface area (Å²) in [5, 5.41) is 6.87. The van der Waals surface area contributed by atoms with Crippen molar-refractivity contribution in [2.75, 3.05) is 6.54 Å². The maximum Gasteiger partial charge on any atom is 0.268 e. The molecule has 1 fully saturated rings. The van der Waals surface area contributed by atoms with Crippen molar-refractivity contribution in [2.24, 2.45) is 0 Å². The Bertz CT molecular complexity index is 680. The van der Waals surface area contributed by atoms with Crippen LogP contribution in [0.2, 0.25) is 5.02 Å². The zero-order valence-corrected chi connectivity index (χ0v) is 11.5. The summed E-state index contributed by atoms with van der Waals surface area (Å²) in [6.45, 7) is 0.674. The molecule has 0 saturated carbocycles. The Labute approximate surface area is 120 Å². The lowest BCUT2D eigenvalue weighted by molar-refractivity contribution is -0.124. The molecule has 1 aliphatic heterocycles. The molecule has 1 aromatic carbocycles. The van der Waals surface area contributed by atoms with Crippen molar-refractivity contribution in [1.82, 2.24) is 15.6 Å². The van der Waals surface area contributed by atoms with E-state index in [4.69, 9.17) is 11.6 Å². The fourth-order valence-corrected chi connectivity index (χ4v) is 2.62. The third-order valence-corrected chi connectivity index (χ3v) is 3.78. The average molecular weight is 292 g/mol. The maximum atomic E-state index is 12.2. The first-order valence-corrected chi connectivity index (χ1v) is 6.89. The van der Waals surface area contributed by atoms with E-state index in [1.54, 1.807) is 12.1 Å². The number of piperidine rings is 1. The van der Waals surface area contributed by atoms with E-state index in [9.17, 15) is 9.59 Å². The molecule has 3 N–H and O–H groups in total. The molecule has 104 valence electrons. The van der Waals surface area contributed by atoms with Crippen molar-refractivity contribution >= 4 is 34.3 Å². The van der Waals surface area contributed by atoms with Crippen LogP contribution in [-0.4, -0.2) is 29.4 Å². The van der Waals surface area contributed by atoms with Gasteiger partial charge in [-0.15, -0.1) is 0 Å². The first-order valence-electron chi connectivity index (χ1n) is 6.51. The van der Waals surface area contributed by atoms with Crippen LogP contribution in [0.25, 0.3) is 10.9 Å². The van der Waals surface area contributed by atoms with E-state index in [1.807, 2.05) is 12.1 Å². The normalized spacial score (nSPS) is 18.9. The number of rotatable bonds is 2. The first-order chi connectivity index (χ1) is 9.65. The second kappa shape index (κ2) is 5.17. The summed E-state index contributed by atoms with van der Waals surface area (Å²) in [5.74, 6) is -0.418. The van der Waals surface area contributed by atoms with E-state index in [0.29, 0.717) is 23.7 Å². The number of benzene rings is 1. The highest BCUT2D eigenvalue weighted by atomic mass is 35.5. The maximum absolute atomic E-state index is 12.2. The highest BCUT2D eigenvalue weighted by Crippen LogP contribution is 2.24. The third-order valence-electron chi connectivity index (χ3n) is 3.45. The molecular weight excluding hydrogens is 278 g/mol. The van der Waals surface area contributed by atoms with Crippen molar-refractivity contribution in [3.8, 4) is 0 Å². The summed E-state index contributed by atoms with van der Waals surface area (Å²) in [5.41, 5.74) is 1.21. The number of carbonyl (C=O) groups is 2. The Morgan fingerprint density at radius 2 is 2.25 bits per heavy atom. The van der Waals surface area contributed by atoms with Gasteiger partial charge in [0.1, 0.15) is 11.7 Å². The van der Waals surface area contributed by atoms with Gasteiger partial charge >= 0.3 is 0 Å². The first kappa shape index (κ1) is 13.0. The van der Waals surface area contributed by atoms with E-state index < -0.39 is 6.04 Å². The van der Waals surface area contributed by atoms with Crippen LogP contribution in [0.3, 0.4) is 0 Å². The molecule has 6 heteroatoms. The number of halogens is 1. The topological polar surface area (TPSA) is 74.0 Å². The van der Waals surface area contributed by atoms with Crippen molar-refractivity contribution < 1.29 is 9.59 Å². The molecule has 1 aliphatic rings. The summed E-state index contributed by atoms with van der Waals surface area (Å²) >= 11 is 6.07. The van der Waals surface area contributed by atoms with Gasteiger partial charge in [0.2, 0.25) is 5.91 Å². The van der Waals surface area contributed by atoms with Gasteiger partial charge in [-0.05, 0) is 31.0 Å². The number of H-pyrrole nitrogens is 1. The largest absolute Gasteiger partial charge is 0.354 e. The van der Waals surface area contributed by atoms with Crippen LogP contribution in [0.4, 0.5) is 0 Å². The standard InChI is InChI=1S/C14H14ClN3O2/c15-9-3-1-4-10-8(9)7-12(17-10)14(20)18-11-5-2-6-16-13(11)19/h1,3-4,7,11,17H,2,5-6H2,(H,16,19)(H,18,20). The van der Waals surface area contributed by atoms with Crippen LogP contribution in [0, 0.1) is 0 Å². The van der Waals surface area contributed by atoms with E-state index in [0.717, 1.165) is 17.3 Å². The van der Waals surface area contributed by atoms with Gasteiger partial charge in [0, 0.05) is 22.5 Å². The Balaban J connectivity index is 1.82. The van der Waals surface area contributed by atoms with Crippen LogP contribution < -0.4 is 10.6 Å². The average Bonchev–Trinajstić information content (AvgIpc) is 2.87. The highest BCUT2D eigenvalue weighted by Gasteiger charge is 2.24. The number of aromatic amines is 1. The molecule has 2 aromatic rings. The molecule has 1 aromatic heterocycles. The summed E-state index contributed by atoms with van der Waals surface area (Å²) in [4.78, 5) is 26.8. The predicted molar refractivity (Wildman–Crippen MR) is 76.8 cm³/mol. The van der Waals surface area contributed by atoms with Crippen molar-refractivity contribution in [3.63, 3.8) is 0 Å². The Hall–Kier alpha value is -2.01. The van der Waals surface area contributed by atoms with E-state index in [2.05, 4.69) is 15.6 Å². The van der Waals surface area contributed by atoms with Crippen molar-refractivity contribution in [1.29, 1.82) is 0 Å². The van der Waals surface area contributed by atoms with Crippen LogP contribution >= 0.6 is 11.6 Å². The number of hydrogen-bond donors (Lipinski definition) is 3. The molecule has 3 rings (SSSR count). The zero-order valence-electron chi connectivity index (χ0n) is 10.7. The second-order valence-corrected chi connectivity index (χ2v) is 5.25. The molecule has 1 atom stereocenters. The molecule has 0 aliphatic carbocycles. The SMILES string of the molecule is O=C(NC1CCCNC1=O)c1cc2c(Cl)cccc2[nH]1. The minimum absolute atomic E-state index is 0.126. The van der Waals surface area contributed by atoms with Crippen molar-refractivity contribution in [2.45, 2.75) is 18.9 Å². The smallest absolute Gasteiger partial charge is 0.268 e. The molecular formula is C14H14ClN3O2. The van der Waals surface area contributed by atoms with Crippen LogP contribution in [-0.2, 0) is 4.79 Å². The van der Waals surface area contributed by atoms with Gasteiger partial charge in [-0.25, -0.2) is 0 Å². The van der Waals surface area contributed by atoms with Crippen LogP contribution in [0.5, 0.6) is 0 Å². The van der Waals surface area contributed by atoms with Gasteiger partial charge in [0.15, 0.2) is 0 Å². The monoisotopic (exact) mass is 291 g/mol. The second-order valence-electron chi connectivity index (χ2n) is 4.84. The van der Waals surface area contributed by atoms with Gasteiger partial charge < -0.3 is 15.6 Å². The lowest BCUT2D eigenvalue weighted by Crippen LogP contribution is -2.50. The number of aromatic nitrogens is 1. The number of nitrogens with one attached hydrogen (secondary N) is 3. The minimum Gasteiger partial charge on any atom is -0.354 e. The minimum atomic E-state index is -0.460. The molecule has 0 spiro atoms. The van der Waals surface area contributed by atoms with Gasteiger partial charge in [-0.1, -0.05) is 17.7 Å². The predicted octanol–water partition coefficient (Wildman–Crippen LogP) is 1.83. The third kappa shape index (κ3) is 2.36. The van der Waals surface area contributed by atoms with Gasteiger partial charge in [0.05, 0.1) is 0 Å². The highest BCUT2D eigenvalue weighted by molar-refractivity contribution is 6.35. The Morgan fingerprint density at radius 3 is 3.00 bits per heavy atom. The van der Waals surface area contributed by atoms with Crippen LogP contribution in [0.15, 0.2) is 24.3 Å².